The molecule has 0 saturated heterocycles. The van der Waals surface area contributed by atoms with Crippen molar-refractivity contribution in [1.82, 2.24) is 10.2 Å². The largest absolute Gasteiger partial charge is 0.401 e. The summed E-state index contributed by atoms with van der Waals surface area (Å²) >= 11 is 0. The molecule has 0 spiro atoms. The molecule has 1 atom stereocenters. The summed E-state index contributed by atoms with van der Waals surface area (Å²) in [5.41, 5.74) is -0.853. The molecule has 0 aromatic heterocycles. The van der Waals surface area contributed by atoms with Crippen molar-refractivity contribution in [1.29, 1.82) is 5.26 Å². The van der Waals surface area contributed by atoms with E-state index >= 15 is 0 Å². The van der Waals surface area contributed by atoms with E-state index in [0.29, 0.717) is 0 Å². The molecule has 0 radical (unpaired) electrons. The minimum absolute atomic E-state index is 0.0736. The second-order valence-corrected chi connectivity index (χ2v) is 5.44. The van der Waals surface area contributed by atoms with Crippen LogP contribution >= 0.6 is 0 Å². The van der Waals surface area contributed by atoms with Crippen molar-refractivity contribution < 1.29 is 13.2 Å². The topological polar surface area (TPSA) is 39.1 Å². The van der Waals surface area contributed by atoms with Crippen molar-refractivity contribution >= 4 is 0 Å². The summed E-state index contributed by atoms with van der Waals surface area (Å²) in [4.78, 5) is 1.18. The summed E-state index contributed by atoms with van der Waals surface area (Å²) in [6.45, 7) is 2.92. The first-order valence-corrected chi connectivity index (χ1v) is 6.13. The molecule has 1 aliphatic carbocycles. The summed E-state index contributed by atoms with van der Waals surface area (Å²) in [5, 5.41) is 12.5. The van der Waals surface area contributed by atoms with Crippen molar-refractivity contribution in [2.24, 2.45) is 5.92 Å². The maximum Gasteiger partial charge on any atom is 0.401 e. The van der Waals surface area contributed by atoms with Gasteiger partial charge in [-0.25, -0.2) is 0 Å². The van der Waals surface area contributed by atoms with Gasteiger partial charge in [0.25, 0.3) is 0 Å². The molecule has 0 bridgehead atoms. The number of halogens is 3. The van der Waals surface area contributed by atoms with Crippen LogP contribution in [-0.2, 0) is 0 Å². The predicted molar refractivity (Wildman–Crippen MR) is 62.9 cm³/mol. The summed E-state index contributed by atoms with van der Waals surface area (Å²) in [6, 6.07) is 2.28. The van der Waals surface area contributed by atoms with Crippen LogP contribution in [0.2, 0.25) is 0 Å². The van der Waals surface area contributed by atoms with E-state index < -0.39 is 18.3 Å². The van der Waals surface area contributed by atoms with Crippen molar-refractivity contribution in [2.75, 3.05) is 20.1 Å². The molecule has 1 unspecified atom stereocenters. The molecule has 0 aromatic rings. The second-order valence-electron chi connectivity index (χ2n) is 5.44. The number of hydrogen-bond donors (Lipinski definition) is 1. The lowest BCUT2D eigenvalue weighted by Crippen LogP contribution is -2.56. The first kappa shape index (κ1) is 15.3. The lowest BCUT2D eigenvalue weighted by atomic mass is 9.93. The fourth-order valence-corrected chi connectivity index (χ4v) is 2.33. The van der Waals surface area contributed by atoms with Gasteiger partial charge in [0.15, 0.2) is 0 Å². The summed E-state index contributed by atoms with van der Waals surface area (Å²) in [7, 11) is 1.41. The van der Waals surface area contributed by atoms with Gasteiger partial charge in [-0.3, -0.25) is 10.2 Å². The van der Waals surface area contributed by atoms with Crippen LogP contribution in [0.3, 0.4) is 0 Å². The smallest absolute Gasteiger partial charge is 0.296 e. The Morgan fingerprint density at radius 2 is 1.89 bits per heavy atom. The molecule has 1 saturated carbocycles. The van der Waals surface area contributed by atoms with Crippen LogP contribution in [0, 0.1) is 17.2 Å². The Morgan fingerprint density at radius 3 is 2.22 bits per heavy atom. The van der Waals surface area contributed by atoms with E-state index in [4.69, 9.17) is 0 Å². The maximum atomic E-state index is 12.3. The van der Waals surface area contributed by atoms with Gasteiger partial charge in [0.1, 0.15) is 5.54 Å². The van der Waals surface area contributed by atoms with E-state index in [9.17, 15) is 18.4 Å². The number of nitrogens with zero attached hydrogens (tertiary/aromatic N) is 2. The average molecular weight is 263 g/mol. The van der Waals surface area contributed by atoms with E-state index in [1.54, 1.807) is 0 Å². The quantitative estimate of drug-likeness (QED) is 0.798. The van der Waals surface area contributed by atoms with E-state index in [0.717, 1.165) is 12.8 Å². The summed E-state index contributed by atoms with van der Waals surface area (Å²) in [6.07, 6.45) is -2.41. The Hall–Kier alpha value is -0.800. The van der Waals surface area contributed by atoms with Crippen LogP contribution in [0.5, 0.6) is 0 Å². The van der Waals surface area contributed by atoms with Crippen molar-refractivity contribution in [3.63, 3.8) is 0 Å². The Bertz CT molecular complexity index is 318. The molecule has 1 rings (SSSR count). The molecule has 18 heavy (non-hydrogen) atoms. The van der Waals surface area contributed by atoms with Crippen LogP contribution in [0.4, 0.5) is 13.2 Å². The zero-order valence-electron chi connectivity index (χ0n) is 11.0. The number of alkyl halides is 3. The lowest BCUT2D eigenvalue weighted by Gasteiger charge is -2.34. The first-order chi connectivity index (χ1) is 8.18. The van der Waals surface area contributed by atoms with Crippen molar-refractivity contribution in [3.05, 3.63) is 0 Å². The average Bonchev–Trinajstić information content (AvgIpc) is 2.95. The Kier molecular flexibility index (Phi) is 4.62. The molecule has 3 nitrogen and oxygen atoms in total. The monoisotopic (exact) mass is 263 g/mol. The number of hydrogen-bond acceptors (Lipinski definition) is 3. The Labute approximate surface area is 106 Å². The molecule has 0 amide bonds. The highest BCUT2D eigenvalue weighted by molar-refractivity contribution is 5.17. The number of rotatable bonds is 6. The highest BCUT2D eigenvalue weighted by Crippen LogP contribution is 2.40. The number of nitrogens with one attached hydrogen (secondary N) is 1. The zero-order chi connectivity index (χ0) is 14.0. The molecular formula is C12H20F3N3. The summed E-state index contributed by atoms with van der Waals surface area (Å²) < 4.78 is 37.0. The fourth-order valence-electron chi connectivity index (χ4n) is 2.33. The van der Waals surface area contributed by atoms with Gasteiger partial charge in [-0.15, -0.1) is 0 Å². The van der Waals surface area contributed by atoms with Gasteiger partial charge in [-0.05, 0) is 39.7 Å². The van der Waals surface area contributed by atoms with Gasteiger partial charge in [0.05, 0.1) is 12.6 Å². The van der Waals surface area contributed by atoms with Crippen LogP contribution in [-0.4, -0.2) is 42.8 Å². The standard InChI is InChI=1S/C12H20F3N3/c1-9(2)17-11(6-16,10-4-5-10)7-18(3)8-12(13,14)15/h9-10,17H,4-5,7-8H2,1-3H3. The molecule has 104 valence electrons. The minimum atomic E-state index is -4.22. The van der Waals surface area contributed by atoms with Gasteiger partial charge >= 0.3 is 6.18 Å². The Balaban J connectivity index is 2.70. The third-order valence-corrected chi connectivity index (χ3v) is 2.99. The van der Waals surface area contributed by atoms with E-state index in [1.807, 2.05) is 13.8 Å². The van der Waals surface area contributed by atoms with Gasteiger partial charge in [-0.1, -0.05) is 0 Å². The van der Waals surface area contributed by atoms with Crippen LogP contribution in [0.1, 0.15) is 26.7 Å². The normalized spacial score (nSPS) is 19.9. The summed E-state index contributed by atoms with van der Waals surface area (Å²) in [5.74, 6) is 0.167. The number of nitriles is 1. The van der Waals surface area contributed by atoms with E-state index in [1.165, 1.54) is 11.9 Å². The third kappa shape index (κ3) is 4.46. The Morgan fingerprint density at radius 1 is 1.33 bits per heavy atom. The second kappa shape index (κ2) is 5.45. The highest BCUT2D eigenvalue weighted by Gasteiger charge is 2.47. The fraction of sp³-hybridized carbons (Fsp3) is 0.917. The van der Waals surface area contributed by atoms with E-state index in [2.05, 4.69) is 11.4 Å². The van der Waals surface area contributed by atoms with Crippen molar-refractivity contribution in [2.45, 2.75) is 44.4 Å². The lowest BCUT2D eigenvalue weighted by molar-refractivity contribution is -0.144. The maximum absolute atomic E-state index is 12.3. The molecule has 0 aromatic carbocycles. The third-order valence-electron chi connectivity index (χ3n) is 2.99. The SMILES string of the molecule is CC(C)NC(C#N)(CN(C)CC(F)(F)F)C1CC1. The first-order valence-electron chi connectivity index (χ1n) is 6.13. The van der Waals surface area contributed by atoms with Gasteiger partial charge < -0.3 is 0 Å². The molecule has 1 N–H and O–H groups in total. The molecule has 6 heteroatoms. The number of likely N-dealkylation sites (N-methyl/N-ethyl adjacent to an activating group) is 1. The van der Waals surface area contributed by atoms with Gasteiger partial charge in [-0.2, -0.15) is 18.4 Å². The van der Waals surface area contributed by atoms with Crippen LogP contribution in [0.15, 0.2) is 0 Å². The van der Waals surface area contributed by atoms with Gasteiger partial charge in [0, 0.05) is 12.6 Å². The molecule has 0 aliphatic heterocycles. The molecular weight excluding hydrogens is 243 g/mol. The van der Waals surface area contributed by atoms with Crippen molar-refractivity contribution in [3.8, 4) is 6.07 Å². The molecule has 0 heterocycles. The minimum Gasteiger partial charge on any atom is -0.296 e. The molecule has 1 fully saturated rings. The van der Waals surface area contributed by atoms with Crippen LogP contribution < -0.4 is 5.32 Å². The highest BCUT2D eigenvalue weighted by atomic mass is 19.4. The van der Waals surface area contributed by atoms with Crippen LogP contribution in [0.25, 0.3) is 0 Å². The zero-order valence-corrected chi connectivity index (χ0v) is 11.0. The molecule has 1 aliphatic rings. The predicted octanol–water partition coefficient (Wildman–Crippen LogP) is 2.15. The van der Waals surface area contributed by atoms with Gasteiger partial charge in [0.2, 0.25) is 0 Å². The van der Waals surface area contributed by atoms with E-state index in [-0.39, 0.29) is 18.5 Å².